The highest BCUT2D eigenvalue weighted by Gasteiger charge is 2.19. The highest BCUT2D eigenvalue weighted by Crippen LogP contribution is 2.39. The molecule has 0 aliphatic heterocycles. The molecule has 184 valence electrons. The van der Waals surface area contributed by atoms with Crippen LogP contribution in [0, 0.1) is 0 Å². The van der Waals surface area contributed by atoms with E-state index in [1.807, 2.05) is 18.3 Å². The van der Waals surface area contributed by atoms with E-state index in [0.29, 0.717) is 0 Å². The smallest absolute Gasteiger partial charge is 0.143 e. The predicted molar refractivity (Wildman–Crippen MR) is 162 cm³/mol. The van der Waals surface area contributed by atoms with E-state index in [1.54, 1.807) is 0 Å². The summed E-state index contributed by atoms with van der Waals surface area (Å²) in [4.78, 5) is 13.6. The van der Waals surface area contributed by atoms with Crippen LogP contribution in [-0.4, -0.2) is 19.5 Å². The Morgan fingerprint density at radius 1 is 0.641 bits per heavy atom. The van der Waals surface area contributed by atoms with Crippen molar-refractivity contribution in [2.24, 2.45) is 7.05 Å². The normalized spacial score (nSPS) is 11.7. The summed E-state index contributed by atoms with van der Waals surface area (Å²) >= 11 is 0. The number of nitrogens with one attached hydrogen (secondary N) is 1. The van der Waals surface area contributed by atoms with Crippen molar-refractivity contribution in [3.05, 3.63) is 121 Å². The number of rotatable bonds is 3. The average molecular weight is 501 g/mol. The van der Waals surface area contributed by atoms with Crippen LogP contribution in [0.15, 0.2) is 121 Å². The number of pyridine rings is 1. The molecule has 0 radical (unpaired) electrons. The molecule has 0 aliphatic carbocycles. The minimum absolute atomic E-state index is 0.944. The van der Waals surface area contributed by atoms with Crippen molar-refractivity contribution in [2.75, 3.05) is 0 Å². The molecular weight excluding hydrogens is 476 g/mol. The van der Waals surface area contributed by atoms with Gasteiger partial charge in [0.25, 0.3) is 0 Å². The van der Waals surface area contributed by atoms with E-state index in [1.165, 1.54) is 21.5 Å². The molecular formula is C35H24N4. The third-order valence-corrected chi connectivity index (χ3v) is 7.81. The number of aromatic amines is 1. The molecule has 0 saturated carbocycles. The van der Waals surface area contributed by atoms with Gasteiger partial charge in [-0.05, 0) is 58.8 Å². The lowest BCUT2D eigenvalue weighted by molar-refractivity contribution is 0.960. The Bertz CT molecular complexity index is 2180. The molecule has 3 aromatic heterocycles. The first-order valence-corrected chi connectivity index (χ1v) is 13.2. The van der Waals surface area contributed by atoms with Crippen molar-refractivity contribution >= 4 is 43.6 Å². The fourth-order valence-electron chi connectivity index (χ4n) is 5.95. The summed E-state index contributed by atoms with van der Waals surface area (Å²) in [7, 11) is 2.11. The van der Waals surface area contributed by atoms with Gasteiger partial charge in [0.1, 0.15) is 5.82 Å². The Kier molecular flexibility index (Phi) is 4.70. The fourth-order valence-corrected chi connectivity index (χ4v) is 5.95. The van der Waals surface area contributed by atoms with Crippen molar-refractivity contribution in [3.8, 4) is 33.8 Å². The van der Waals surface area contributed by atoms with E-state index in [4.69, 9.17) is 4.98 Å². The van der Waals surface area contributed by atoms with Crippen molar-refractivity contribution in [3.63, 3.8) is 0 Å². The van der Waals surface area contributed by atoms with Gasteiger partial charge >= 0.3 is 0 Å². The number of fused-ring (bicyclic) bond motifs is 5. The van der Waals surface area contributed by atoms with E-state index in [-0.39, 0.29) is 0 Å². The molecule has 0 bridgehead atoms. The van der Waals surface area contributed by atoms with Crippen LogP contribution in [0.1, 0.15) is 0 Å². The SMILES string of the molecule is Cn1c(-c2cccc3c2[nH]c2ccccc23)nc2c(-c3cc(-c4ccccn4)cc4ccccc34)cccc21. The summed E-state index contributed by atoms with van der Waals surface area (Å²) in [6.07, 6.45) is 1.85. The van der Waals surface area contributed by atoms with E-state index in [0.717, 1.165) is 55.8 Å². The zero-order chi connectivity index (χ0) is 25.9. The first-order valence-electron chi connectivity index (χ1n) is 13.2. The predicted octanol–water partition coefficient (Wildman–Crippen LogP) is 8.76. The minimum atomic E-state index is 0.944. The summed E-state index contributed by atoms with van der Waals surface area (Å²) in [6.45, 7) is 0. The van der Waals surface area contributed by atoms with Gasteiger partial charge in [0.15, 0.2) is 0 Å². The molecule has 0 atom stereocenters. The maximum atomic E-state index is 5.32. The van der Waals surface area contributed by atoms with Crippen LogP contribution in [0.5, 0.6) is 0 Å². The third-order valence-electron chi connectivity index (χ3n) is 7.81. The number of aryl methyl sites for hydroxylation is 1. The fraction of sp³-hybridized carbons (Fsp3) is 0.0286. The van der Waals surface area contributed by atoms with E-state index in [2.05, 4.69) is 125 Å². The number of nitrogens with zero attached hydrogens (tertiary/aromatic N) is 3. The Labute approximate surface area is 225 Å². The largest absolute Gasteiger partial charge is 0.354 e. The van der Waals surface area contributed by atoms with Crippen molar-refractivity contribution in [1.82, 2.24) is 19.5 Å². The molecule has 0 saturated heterocycles. The van der Waals surface area contributed by atoms with Gasteiger partial charge in [-0.1, -0.05) is 72.8 Å². The summed E-state index contributed by atoms with van der Waals surface area (Å²) in [6, 6.07) is 40.5. The maximum Gasteiger partial charge on any atom is 0.143 e. The van der Waals surface area contributed by atoms with Crippen molar-refractivity contribution in [1.29, 1.82) is 0 Å². The highest BCUT2D eigenvalue weighted by atomic mass is 15.1. The molecule has 4 heteroatoms. The monoisotopic (exact) mass is 500 g/mol. The third kappa shape index (κ3) is 3.32. The summed E-state index contributed by atoms with van der Waals surface area (Å²) < 4.78 is 2.21. The van der Waals surface area contributed by atoms with Gasteiger partial charge in [-0.2, -0.15) is 0 Å². The second-order valence-electron chi connectivity index (χ2n) is 10.0. The highest BCUT2D eigenvalue weighted by molar-refractivity contribution is 6.12. The van der Waals surface area contributed by atoms with Crippen LogP contribution in [0.3, 0.4) is 0 Å². The lowest BCUT2D eigenvalue weighted by Gasteiger charge is -2.11. The van der Waals surface area contributed by atoms with Crippen LogP contribution in [0.4, 0.5) is 0 Å². The molecule has 0 spiro atoms. The molecule has 4 nitrogen and oxygen atoms in total. The Morgan fingerprint density at radius 3 is 2.31 bits per heavy atom. The summed E-state index contributed by atoms with van der Waals surface area (Å²) in [5.74, 6) is 0.944. The molecule has 0 aliphatic rings. The molecule has 0 fully saturated rings. The molecule has 1 N–H and O–H groups in total. The molecule has 3 heterocycles. The van der Waals surface area contributed by atoms with Crippen LogP contribution in [0.2, 0.25) is 0 Å². The van der Waals surface area contributed by atoms with Gasteiger partial charge in [-0.15, -0.1) is 0 Å². The first-order chi connectivity index (χ1) is 19.3. The molecule has 5 aromatic carbocycles. The molecule has 39 heavy (non-hydrogen) atoms. The number of hydrogen-bond acceptors (Lipinski definition) is 2. The Balaban J connectivity index is 1.40. The standard InChI is InChI=1S/C35H24N4/c1-39-32-18-9-14-27(29-21-23(30-16-6-7-19-36-30)20-22-10-2-3-11-24(22)29)34(32)38-35(39)28-15-8-13-26-25-12-4-5-17-31(25)37-33(26)28/h2-21,37H,1H3. The number of H-pyrrole nitrogens is 1. The van der Waals surface area contributed by atoms with Gasteiger partial charge in [0.05, 0.1) is 22.2 Å². The van der Waals surface area contributed by atoms with Gasteiger partial charge in [-0.25, -0.2) is 4.98 Å². The number of benzene rings is 5. The van der Waals surface area contributed by atoms with E-state index >= 15 is 0 Å². The second-order valence-corrected chi connectivity index (χ2v) is 10.0. The van der Waals surface area contributed by atoms with Crippen molar-refractivity contribution < 1.29 is 0 Å². The number of hydrogen-bond donors (Lipinski definition) is 1. The van der Waals surface area contributed by atoms with Gasteiger partial charge in [0, 0.05) is 46.2 Å². The number of imidazole rings is 1. The van der Waals surface area contributed by atoms with E-state index in [9.17, 15) is 0 Å². The topological polar surface area (TPSA) is 46.5 Å². The van der Waals surface area contributed by atoms with Crippen LogP contribution in [0.25, 0.3) is 77.4 Å². The van der Waals surface area contributed by atoms with Crippen molar-refractivity contribution in [2.45, 2.75) is 0 Å². The van der Waals surface area contributed by atoms with Gasteiger partial charge in [-0.3, -0.25) is 4.98 Å². The average Bonchev–Trinajstić information content (AvgIpc) is 3.55. The number of para-hydroxylation sites is 3. The number of aromatic nitrogens is 4. The van der Waals surface area contributed by atoms with Gasteiger partial charge in [0.2, 0.25) is 0 Å². The minimum Gasteiger partial charge on any atom is -0.354 e. The lowest BCUT2D eigenvalue weighted by Crippen LogP contribution is -1.93. The Morgan fingerprint density at radius 2 is 1.41 bits per heavy atom. The summed E-state index contributed by atoms with van der Waals surface area (Å²) in [5.41, 5.74) is 9.78. The van der Waals surface area contributed by atoms with E-state index < -0.39 is 0 Å². The molecule has 0 amide bonds. The van der Waals surface area contributed by atoms with Gasteiger partial charge < -0.3 is 9.55 Å². The van der Waals surface area contributed by atoms with Crippen LogP contribution in [-0.2, 0) is 7.05 Å². The quantitative estimate of drug-likeness (QED) is 0.264. The first kappa shape index (κ1) is 21.8. The lowest BCUT2D eigenvalue weighted by atomic mass is 9.94. The zero-order valence-corrected chi connectivity index (χ0v) is 21.4. The van der Waals surface area contributed by atoms with Crippen LogP contribution >= 0.6 is 0 Å². The second kappa shape index (κ2) is 8.40. The molecule has 8 rings (SSSR count). The van der Waals surface area contributed by atoms with Crippen LogP contribution < -0.4 is 0 Å². The zero-order valence-electron chi connectivity index (χ0n) is 21.4. The maximum absolute atomic E-state index is 5.32. The molecule has 0 unspecified atom stereocenters. The molecule has 8 aromatic rings. The Hall–Kier alpha value is -5.22. The summed E-state index contributed by atoms with van der Waals surface area (Å²) in [5, 5.41) is 4.83.